The summed E-state index contributed by atoms with van der Waals surface area (Å²) in [6.45, 7) is 0.850. The minimum atomic E-state index is -1.11. The fourth-order valence-corrected chi connectivity index (χ4v) is 2.09. The highest BCUT2D eigenvalue weighted by Crippen LogP contribution is 2.13. The summed E-state index contributed by atoms with van der Waals surface area (Å²) in [7, 11) is 0. The van der Waals surface area contributed by atoms with Crippen LogP contribution in [0.1, 0.15) is 12.0 Å². The predicted molar refractivity (Wildman–Crippen MR) is 68.6 cm³/mol. The van der Waals surface area contributed by atoms with Crippen LogP contribution in [0.5, 0.6) is 0 Å². The number of carboxylic acid groups (broad SMARTS) is 1. The van der Waals surface area contributed by atoms with Gasteiger partial charge in [0.1, 0.15) is 11.9 Å². The molecule has 0 radical (unpaired) electrons. The summed E-state index contributed by atoms with van der Waals surface area (Å²) >= 11 is 0. The van der Waals surface area contributed by atoms with E-state index in [-0.39, 0.29) is 24.1 Å². The molecule has 0 aliphatic carbocycles. The summed E-state index contributed by atoms with van der Waals surface area (Å²) in [5.41, 5.74) is 0.654. The van der Waals surface area contributed by atoms with E-state index in [0.29, 0.717) is 25.2 Å². The van der Waals surface area contributed by atoms with Crippen molar-refractivity contribution in [2.24, 2.45) is 5.92 Å². The summed E-state index contributed by atoms with van der Waals surface area (Å²) in [6.07, 6.45) is 0.726. The van der Waals surface area contributed by atoms with E-state index in [1.54, 1.807) is 0 Å². The van der Waals surface area contributed by atoms with Crippen LogP contribution < -0.4 is 5.32 Å². The van der Waals surface area contributed by atoms with Crippen LogP contribution in [0.4, 0.5) is 4.39 Å². The molecule has 2 rings (SSSR count). The first kappa shape index (κ1) is 14.5. The Hall–Kier alpha value is -1.95. The molecule has 0 aromatic heterocycles. The molecule has 20 heavy (non-hydrogen) atoms. The number of halogens is 1. The Labute approximate surface area is 115 Å². The first-order valence-corrected chi connectivity index (χ1v) is 6.41. The molecule has 0 bridgehead atoms. The van der Waals surface area contributed by atoms with E-state index in [0.717, 1.165) is 0 Å². The molecule has 0 unspecified atom stereocenters. The normalized spacial score (nSPS) is 19.6. The number of nitrogens with one attached hydrogen (secondary N) is 1. The molecular weight excluding hydrogens is 265 g/mol. The van der Waals surface area contributed by atoms with E-state index in [4.69, 9.17) is 9.84 Å². The molecule has 2 atom stereocenters. The quantitative estimate of drug-likeness (QED) is 0.843. The molecular formula is C14H16FNO4. The largest absolute Gasteiger partial charge is 0.480 e. The molecule has 1 aromatic carbocycles. The van der Waals surface area contributed by atoms with Crippen LogP contribution in [0.2, 0.25) is 0 Å². The molecule has 108 valence electrons. The summed E-state index contributed by atoms with van der Waals surface area (Å²) in [5.74, 6) is -2.09. The van der Waals surface area contributed by atoms with Crippen molar-refractivity contribution < 1.29 is 23.8 Å². The number of carbonyl (C=O) groups excluding carboxylic acids is 1. The smallest absolute Gasteiger partial charge is 0.326 e. The lowest BCUT2D eigenvalue weighted by atomic mass is 10.0. The zero-order valence-corrected chi connectivity index (χ0v) is 10.8. The topological polar surface area (TPSA) is 75.6 Å². The third-order valence-electron chi connectivity index (χ3n) is 3.27. The van der Waals surface area contributed by atoms with Crippen molar-refractivity contribution in [1.82, 2.24) is 5.32 Å². The maximum absolute atomic E-state index is 12.8. The van der Waals surface area contributed by atoms with E-state index in [1.165, 1.54) is 24.3 Å². The van der Waals surface area contributed by atoms with Crippen LogP contribution in [0.25, 0.3) is 0 Å². The van der Waals surface area contributed by atoms with Crippen molar-refractivity contribution >= 4 is 11.9 Å². The monoisotopic (exact) mass is 281 g/mol. The first-order chi connectivity index (χ1) is 9.56. The van der Waals surface area contributed by atoms with E-state index in [1.807, 2.05) is 0 Å². The summed E-state index contributed by atoms with van der Waals surface area (Å²) in [6, 6.07) is 4.53. The molecule has 5 nitrogen and oxygen atoms in total. The number of ether oxygens (including phenoxy) is 1. The number of carbonyl (C=O) groups is 2. The van der Waals surface area contributed by atoms with Crippen LogP contribution in [-0.4, -0.2) is 36.2 Å². The number of benzene rings is 1. The number of amides is 1. The Morgan fingerprint density at radius 3 is 2.65 bits per heavy atom. The van der Waals surface area contributed by atoms with E-state index >= 15 is 0 Å². The number of hydrogen-bond acceptors (Lipinski definition) is 3. The van der Waals surface area contributed by atoms with E-state index in [9.17, 15) is 14.0 Å². The van der Waals surface area contributed by atoms with Crippen molar-refractivity contribution in [3.05, 3.63) is 35.6 Å². The Balaban J connectivity index is 1.98. The highest BCUT2D eigenvalue weighted by atomic mass is 19.1. The second-order valence-corrected chi connectivity index (χ2v) is 4.79. The molecule has 6 heteroatoms. The van der Waals surface area contributed by atoms with Crippen molar-refractivity contribution in [2.75, 3.05) is 13.2 Å². The third kappa shape index (κ3) is 3.77. The van der Waals surface area contributed by atoms with Gasteiger partial charge in [0.15, 0.2) is 0 Å². The summed E-state index contributed by atoms with van der Waals surface area (Å²) in [4.78, 5) is 23.1. The zero-order valence-electron chi connectivity index (χ0n) is 10.8. The SMILES string of the molecule is O=C(N[C@H](Cc1ccc(F)cc1)C(=O)O)[C@H]1CCOC1. The van der Waals surface area contributed by atoms with Crippen LogP contribution in [0, 0.1) is 11.7 Å². The van der Waals surface area contributed by atoms with Crippen LogP contribution in [0.15, 0.2) is 24.3 Å². The van der Waals surface area contributed by atoms with Crippen molar-refractivity contribution in [2.45, 2.75) is 18.9 Å². The second kappa shape index (κ2) is 6.47. The maximum Gasteiger partial charge on any atom is 0.326 e. The van der Waals surface area contributed by atoms with Gasteiger partial charge in [-0.1, -0.05) is 12.1 Å². The molecule has 1 heterocycles. The van der Waals surface area contributed by atoms with Gasteiger partial charge in [0, 0.05) is 13.0 Å². The van der Waals surface area contributed by atoms with Gasteiger partial charge >= 0.3 is 5.97 Å². The van der Waals surface area contributed by atoms with Gasteiger partial charge in [-0.05, 0) is 24.1 Å². The average molecular weight is 281 g/mol. The minimum Gasteiger partial charge on any atom is -0.480 e. The van der Waals surface area contributed by atoms with Gasteiger partial charge in [0.25, 0.3) is 0 Å². The molecule has 1 aromatic rings. The van der Waals surface area contributed by atoms with E-state index < -0.39 is 12.0 Å². The predicted octanol–water partition coefficient (Wildman–Crippen LogP) is 0.974. The second-order valence-electron chi connectivity index (χ2n) is 4.79. The van der Waals surface area contributed by atoms with Gasteiger partial charge in [-0.3, -0.25) is 4.79 Å². The molecule has 0 spiro atoms. The summed E-state index contributed by atoms with van der Waals surface area (Å²) in [5, 5.41) is 11.7. The molecule has 1 amide bonds. The standard InChI is InChI=1S/C14H16FNO4/c15-11-3-1-9(2-4-11)7-12(14(18)19)16-13(17)10-5-6-20-8-10/h1-4,10,12H,5-8H2,(H,16,17)(H,18,19)/t10-,12+/m0/s1. The van der Waals surface area contributed by atoms with Gasteiger partial charge in [-0.25, -0.2) is 9.18 Å². The molecule has 0 saturated carbocycles. The lowest BCUT2D eigenvalue weighted by Crippen LogP contribution is -2.45. The Bertz CT molecular complexity index is 482. The Morgan fingerprint density at radius 1 is 1.40 bits per heavy atom. The lowest BCUT2D eigenvalue weighted by molar-refractivity contribution is -0.142. The zero-order chi connectivity index (χ0) is 14.5. The molecule has 1 aliphatic heterocycles. The number of hydrogen-bond donors (Lipinski definition) is 2. The molecule has 1 fully saturated rings. The van der Waals surface area contributed by atoms with Crippen LogP contribution in [-0.2, 0) is 20.7 Å². The fraction of sp³-hybridized carbons (Fsp3) is 0.429. The Kier molecular flexibility index (Phi) is 4.68. The molecule has 1 aliphatic rings. The van der Waals surface area contributed by atoms with Gasteiger partial charge in [-0.15, -0.1) is 0 Å². The number of aliphatic carboxylic acids is 1. The van der Waals surface area contributed by atoms with Gasteiger partial charge in [0.05, 0.1) is 12.5 Å². The van der Waals surface area contributed by atoms with E-state index in [2.05, 4.69) is 5.32 Å². The van der Waals surface area contributed by atoms with Gasteiger partial charge in [-0.2, -0.15) is 0 Å². The third-order valence-corrected chi connectivity index (χ3v) is 3.27. The highest BCUT2D eigenvalue weighted by Gasteiger charge is 2.28. The van der Waals surface area contributed by atoms with Crippen molar-refractivity contribution in [3.63, 3.8) is 0 Å². The van der Waals surface area contributed by atoms with Crippen molar-refractivity contribution in [1.29, 1.82) is 0 Å². The number of rotatable bonds is 5. The summed E-state index contributed by atoms with van der Waals surface area (Å²) < 4.78 is 17.9. The van der Waals surface area contributed by atoms with Crippen molar-refractivity contribution in [3.8, 4) is 0 Å². The fourth-order valence-electron chi connectivity index (χ4n) is 2.09. The minimum absolute atomic E-state index is 0.120. The van der Waals surface area contributed by atoms with Crippen LogP contribution in [0.3, 0.4) is 0 Å². The molecule has 1 saturated heterocycles. The van der Waals surface area contributed by atoms with Gasteiger partial charge < -0.3 is 15.2 Å². The molecule has 2 N–H and O–H groups in total. The highest BCUT2D eigenvalue weighted by molar-refractivity contribution is 5.85. The number of carboxylic acids is 1. The maximum atomic E-state index is 12.8. The first-order valence-electron chi connectivity index (χ1n) is 6.41. The van der Waals surface area contributed by atoms with Gasteiger partial charge in [0.2, 0.25) is 5.91 Å². The van der Waals surface area contributed by atoms with Crippen LogP contribution >= 0.6 is 0 Å². The Morgan fingerprint density at radius 2 is 2.10 bits per heavy atom. The average Bonchev–Trinajstić information content (AvgIpc) is 2.94. The lowest BCUT2D eigenvalue weighted by Gasteiger charge is -2.16.